The summed E-state index contributed by atoms with van der Waals surface area (Å²) >= 11 is 0. The van der Waals surface area contributed by atoms with Gasteiger partial charge in [-0.05, 0) is 25.0 Å². The monoisotopic (exact) mass is 315 g/mol. The van der Waals surface area contributed by atoms with Gasteiger partial charge >= 0.3 is 6.03 Å². The van der Waals surface area contributed by atoms with E-state index < -0.39 is 0 Å². The maximum Gasteiger partial charge on any atom is 0.315 e. The number of rotatable bonds is 4. The third-order valence-electron chi connectivity index (χ3n) is 4.76. The second-order valence-corrected chi connectivity index (χ2v) is 6.60. The summed E-state index contributed by atoms with van der Waals surface area (Å²) in [5.41, 5.74) is 0.937. The first-order chi connectivity index (χ1) is 11.2. The molecule has 1 aliphatic heterocycles. The molecule has 0 bridgehead atoms. The molecule has 2 fully saturated rings. The highest BCUT2D eigenvalue weighted by molar-refractivity contribution is 5.95. The van der Waals surface area contributed by atoms with Gasteiger partial charge in [0.25, 0.3) is 0 Å². The molecule has 0 aromatic heterocycles. The van der Waals surface area contributed by atoms with E-state index in [9.17, 15) is 9.59 Å². The van der Waals surface area contributed by atoms with E-state index in [1.807, 2.05) is 35.2 Å². The normalized spacial score (nSPS) is 22.2. The number of hydrogen-bond donors (Lipinski definition) is 2. The second-order valence-electron chi connectivity index (χ2n) is 6.60. The molecule has 2 aliphatic rings. The molecule has 5 heteroatoms. The van der Waals surface area contributed by atoms with Crippen molar-refractivity contribution in [3.8, 4) is 0 Å². The van der Waals surface area contributed by atoms with Gasteiger partial charge in [-0.15, -0.1) is 0 Å². The number of carbonyl (C=O) groups excluding carboxylic acids is 2. The van der Waals surface area contributed by atoms with Crippen molar-refractivity contribution in [2.75, 3.05) is 18.0 Å². The highest BCUT2D eigenvalue weighted by atomic mass is 16.2. The van der Waals surface area contributed by atoms with E-state index in [0.29, 0.717) is 25.6 Å². The Labute approximate surface area is 137 Å². The first-order valence-electron chi connectivity index (χ1n) is 8.62. The van der Waals surface area contributed by atoms with Crippen LogP contribution < -0.4 is 15.5 Å². The highest BCUT2D eigenvalue weighted by Gasteiger charge is 2.30. The largest absolute Gasteiger partial charge is 0.338 e. The number of amides is 3. The SMILES string of the molecule is O=C(NC[C@H]1CC(=O)N(c2ccccc2)C1)NC1CCCCC1. The zero-order valence-electron chi connectivity index (χ0n) is 13.5. The summed E-state index contributed by atoms with van der Waals surface area (Å²) in [6.07, 6.45) is 6.34. The Hall–Kier alpha value is -2.04. The van der Waals surface area contributed by atoms with Gasteiger partial charge in [0.15, 0.2) is 0 Å². The summed E-state index contributed by atoms with van der Waals surface area (Å²) in [6, 6.07) is 9.93. The van der Waals surface area contributed by atoms with Crippen molar-refractivity contribution in [3.05, 3.63) is 30.3 Å². The Morgan fingerprint density at radius 2 is 1.87 bits per heavy atom. The lowest BCUT2D eigenvalue weighted by Gasteiger charge is -2.23. The van der Waals surface area contributed by atoms with Gasteiger partial charge < -0.3 is 15.5 Å². The van der Waals surface area contributed by atoms with Crippen molar-refractivity contribution in [1.82, 2.24) is 10.6 Å². The van der Waals surface area contributed by atoms with Crippen LogP contribution in [0.3, 0.4) is 0 Å². The van der Waals surface area contributed by atoms with Crippen molar-refractivity contribution < 1.29 is 9.59 Å². The summed E-state index contributed by atoms with van der Waals surface area (Å²) in [5.74, 6) is 0.315. The molecular weight excluding hydrogens is 290 g/mol. The molecule has 0 spiro atoms. The number of para-hydroxylation sites is 1. The molecule has 1 aromatic carbocycles. The highest BCUT2D eigenvalue weighted by Crippen LogP contribution is 2.24. The minimum Gasteiger partial charge on any atom is -0.338 e. The molecule has 3 rings (SSSR count). The van der Waals surface area contributed by atoms with Crippen LogP contribution in [-0.4, -0.2) is 31.1 Å². The van der Waals surface area contributed by atoms with Crippen LogP contribution >= 0.6 is 0 Å². The zero-order valence-corrected chi connectivity index (χ0v) is 13.5. The van der Waals surface area contributed by atoms with Gasteiger partial charge in [-0.25, -0.2) is 4.79 Å². The lowest BCUT2D eigenvalue weighted by atomic mass is 9.96. The van der Waals surface area contributed by atoms with E-state index in [1.165, 1.54) is 19.3 Å². The van der Waals surface area contributed by atoms with Gasteiger partial charge in [0.2, 0.25) is 5.91 Å². The summed E-state index contributed by atoms with van der Waals surface area (Å²) < 4.78 is 0. The van der Waals surface area contributed by atoms with Gasteiger partial charge in [0.1, 0.15) is 0 Å². The first-order valence-corrected chi connectivity index (χ1v) is 8.62. The molecule has 5 nitrogen and oxygen atoms in total. The molecule has 1 saturated carbocycles. The molecule has 1 saturated heterocycles. The van der Waals surface area contributed by atoms with Crippen molar-refractivity contribution in [2.24, 2.45) is 5.92 Å². The smallest absolute Gasteiger partial charge is 0.315 e. The number of hydrogen-bond acceptors (Lipinski definition) is 2. The Morgan fingerprint density at radius 1 is 1.13 bits per heavy atom. The fourth-order valence-corrected chi connectivity index (χ4v) is 3.50. The Balaban J connectivity index is 1.44. The number of benzene rings is 1. The summed E-state index contributed by atoms with van der Waals surface area (Å²) in [4.78, 5) is 25.9. The van der Waals surface area contributed by atoms with E-state index >= 15 is 0 Å². The maximum absolute atomic E-state index is 12.1. The average Bonchev–Trinajstić information content (AvgIpc) is 2.96. The molecule has 1 aliphatic carbocycles. The van der Waals surface area contributed by atoms with E-state index in [-0.39, 0.29) is 17.9 Å². The molecule has 1 heterocycles. The predicted molar refractivity (Wildman–Crippen MR) is 90.3 cm³/mol. The predicted octanol–water partition coefficient (Wildman–Crippen LogP) is 2.67. The molecule has 3 amide bonds. The van der Waals surface area contributed by atoms with Crippen LogP contribution in [0.2, 0.25) is 0 Å². The quantitative estimate of drug-likeness (QED) is 0.897. The van der Waals surface area contributed by atoms with Crippen LogP contribution in [0.15, 0.2) is 30.3 Å². The van der Waals surface area contributed by atoms with Crippen LogP contribution in [0.4, 0.5) is 10.5 Å². The number of carbonyl (C=O) groups is 2. The molecule has 1 atom stereocenters. The van der Waals surface area contributed by atoms with Crippen molar-refractivity contribution >= 4 is 17.6 Å². The zero-order chi connectivity index (χ0) is 16.1. The molecule has 0 radical (unpaired) electrons. The van der Waals surface area contributed by atoms with Gasteiger partial charge in [-0.3, -0.25) is 4.79 Å². The number of urea groups is 1. The Morgan fingerprint density at radius 3 is 2.61 bits per heavy atom. The van der Waals surface area contributed by atoms with E-state index in [2.05, 4.69) is 10.6 Å². The summed E-state index contributed by atoms with van der Waals surface area (Å²) in [5, 5.41) is 5.98. The topological polar surface area (TPSA) is 61.4 Å². The van der Waals surface area contributed by atoms with Crippen LogP contribution in [0.5, 0.6) is 0 Å². The minimum absolute atomic E-state index is 0.0949. The van der Waals surface area contributed by atoms with E-state index in [0.717, 1.165) is 18.5 Å². The molecule has 23 heavy (non-hydrogen) atoms. The molecule has 0 unspecified atom stereocenters. The Bertz CT molecular complexity index is 540. The minimum atomic E-state index is -0.0949. The van der Waals surface area contributed by atoms with Gasteiger partial charge in [0.05, 0.1) is 0 Å². The fourth-order valence-electron chi connectivity index (χ4n) is 3.50. The molecule has 2 N–H and O–H groups in total. The summed E-state index contributed by atoms with van der Waals surface area (Å²) in [7, 11) is 0. The van der Waals surface area contributed by atoms with E-state index in [4.69, 9.17) is 0 Å². The molecule has 1 aromatic rings. The number of anilines is 1. The maximum atomic E-state index is 12.1. The van der Waals surface area contributed by atoms with Crippen molar-refractivity contribution in [1.29, 1.82) is 0 Å². The number of nitrogens with one attached hydrogen (secondary N) is 2. The fraction of sp³-hybridized carbons (Fsp3) is 0.556. The average molecular weight is 315 g/mol. The van der Waals surface area contributed by atoms with Gasteiger partial charge in [-0.2, -0.15) is 0 Å². The first kappa shape index (κ1) is 15.8. The van der Waals surface area contributed by atoms with Gasteiger partial charge in [-0.1, -0.05) is 37.5 Å². The third-order valence-corrected chi connectivity index (χ3v) is 4.76. The lowest BCUT2D eigenvalue weighted by Crippen LogP contribution is -2.44. The van der Waals surface area contributed by atoms with Crippen molar-refractivity contribution in [2.45, 2.75) is 44.6 Å². The van der Waals surface area contributed by atoms with Crippen molar-refractivity contribution in [3.63, 3.8) is 0 Å². The van der Waals surface area contributed by atoms with Crippen LogP contribution in [0.25, 0.3) is 0 Å². The standard InChI is InChI=1S/C18H25N3O2/c22-17-11-14(13-21(17)16-9-5-2-6-10-16)12-19-18(23)20-15-7-3-1-4-8-15/h2,5-6,9-10,14-15H,1,3-4,7-8,11-13H2,(H2,19,20,23)/t14-/m1/s1. The van der Waals surface area contributed by atoms with E-state index in [1.54, 1.807) is 0 Å². The summed E-state index contributed by atoms with van der Waals surface area (Å²) in [6.45, 7) is 1.22. The van der Waals surface area contributed by atoms with Crippen LogP contribution in [0.1, 0.15) is 38.5 Å². The second kappa shape index (κ2) is 7.49. The molecule has 124 valence electrons. The van der Waals surface area contributed by atoms with Crippen LogP contribution in [0, 0.1) is 5.92 Å². The third kappa shape index (κ3) is 4.24. The molecular formula is C18H25N3O2. The lowest BCUT2D eigenvalue weighted by molar-refractivity contribution is -0.117. The van der Waals surface area contributed by atoms with Crippen LogP contribution in [-0.2, 0) is 4.79 Å². The Kier molecular flexibility index (Phi) is 5.16. The van der Waals surface area contributed by atoms with Gasteiger partial charge in [0, 0.05) is 37.2 Å². The number of nitrogens with zero attached hydrogens (tertiary/aromatic N) is 1.